The number of aromatic nitrogens is 4. The van der Waals surface area contributed by atoms with Gasteiger partial charge in [0, 0.05) is 7.05 Å². The van der Waals surface area contributed by atoms with Crippen LogP contribution in [0.15, 0.2) is 10.9 Å². The van der Waals surface area contributed by atoms with Gasteiger partial charge in [0.15, 0.2) is 10.4 Å². The van der Waals surface area contributed by atoms with Crippen molar-refractivity contribution in [2.75, 3.05) is 19.7 Å². The highest BCUT2D eigenvalue weighted by molar-refractivity contribution is 9.10. The highest BCUT2D eigenvalue weighted by atomic mass is 79.9. The highest BCUT2D eigenvalue weighted by Gasteiger charge is 2.44. The Morgan fingerprint density at radius 3 is 2.81 bits per heavy atom. The smallest absolute Gasteiger partial charge is 0.318 e. The van der Waals surface area contributed by atoms with Gasteiger partial charge in [0.2, 0.25) is 0 Å². The van der Waals surface area contributed by atoms with Crippen LogP contribution in [0.5, 0.6) is 6.01 Å². The van der Waals surface area contributed by atoms with Crippen molar-refractivity contribution in [2.45, 2.75) is 31.2 Å². The van der Waals surface area contributed by atoms with Gasteiger partial charge in [0.1, 0.15) is 12.1 Å². The lowest BCUT2D eigenvalue weighted by Crippen LogP contribution is -2.43. The maximum atomic E-state index is 5.95. The van der Waals surface area contributed by atoms with Gasteiger partial charge < -0.3 is 9.30 Å². The van der Waals surface area contributed by atoms with Gasteiger partial charge in [0.05, 0.1) is 11.7 Å². The van der Waals surface area contributed by atoms with Crippen molar-refractivity contribution in [1.29, 1.82) is 0 Å². The van der Waals surface area contributed by atoms with E-state index >= 15 is 0 Å². The molecule has 21 heavy (non-hydrogen) atoms. The monoisotopic (exact) mass is 351 g/mol. The van der Waals surface area contributed by atoms with Gasteiger partial charge in [-0.05, 0) is 54.7 Å². The molecule has 6 nitrogen and oxygen atoms in total. The van der Waals surface area contributed by atoms with Crippen LogP contribution in [0, 0.1) is 0 Å². The highest BCUT2D eigenvalue weighted by Crippen LogP contribution is 2.38. The summed E-state index contributed by atoms with van der Waals surface area (Å²) < 4.78 is 8.59. The van der Waals surface area contributed by atoms with Crippen LogP contribution in [0.3, 0.4) is 0 Å². The molecule has 0 unspecified atom stereocenters. The standard InChI is InChI=1S/C14H18BrN5O/c1-19-11-10(17-12(19)15)8-16-13(18-11)21-9-14-4-2-6-20(14)7-3-5-14/h8H,2-7,9H2,1H3. The van der Waals surface area contributed by atoms with Crippen LogP contribution in [0.2, 0.25) is 0 Å². The molecular weight excluding hydrogens is 334 g/mol. The molecule has 2 aliphatic heterocycles. The number of hydrogen-bond acceptors (Lipinski definition) is 5. The fourth-order valence-electron chi connectivity index (χ4n) is 3.67. The van der Waals surface area contributed by atoms with Crippen molar-refractivity contribution in [1.82, 2.24) is 24.4 Å². The Balaban J connectivity index is 1.56. The van der Waals surface area contributed by atoms with E-state index in [9.17, 15) is 0 Å². The third kappa shape index (κ3) is 2.14. The van der Waals surface area contributed by atoms with Crippen molar-refractivity contribution in [3.05, 3.63) is 10.9 Å². The Kier molecular flexibility index (Phi) is 3.15. The predicted molar refractivity (Wildman–Crippen MR) is 82.3 cm³/mol. The first-order chi connectivity index (χ1) is 10.2. The summed E-state index contributed by atoms with van der Waals surface area (Å²) in [6.07, 6.45) is 6.73. The molecule has 0 aliphatic carbocycles. The third-order valence-electron chi connectivity index (χ3n) is 4.82. The van der Waals surface area contributed by atoms with Gasteiger partial charge in [-0.1, -0.05) is 0 Å². The van der Waals surface area contributed by atoms with Gasteiger partial charge in [-0.15, -0.1) is 0 Å². The molecule has 2 saturated heterocycles. The molecule has 0 aromatic carbocycles. The first kappa shape index (κ1) is 13.5. The van der Waals surface area contributed by atoms with E-state index in [4.69, 9.17) is 4.74 Å². The van der Waals surface area contributed by atoms with E-state index in [-0.39, 0.29) is 5.54 Å². The average molecular weight is 352 g/mol. The summed E-state index contributed by atoms with van der Waals surface area (Å²) in [5.41, 5.74) is 1.79. The van der Waals surface area contributed by atoms with E-state index in [1.807, 2.05) is 11.6 Å². The Morgan fingerprint density at radius 2 is 2.05 bits per heavy atom. The average Bonchev–Trinajstić information content (AvgIpc) is 3.11. The SMILES string of the molecule is Cn1c(Br)nc2cnc(OCC34CCCN3CCC4)nc21. The van der Waals surface area contributed by atoms with Gasteiger partial charge in [0.25, 0.3) is 0 Å². The molecule has 7 heteroatoms. The van der Waals surface area contributed by atoms with Crippen molar-refractivity contribution < 1.29 is 4.74 Å². The van der Waals surface area contributed by atoms with E-state index in [0.29, 0.717) is 12.6 Å². The van der Waals surface area contributed by atoms with E-state index < -0.39 is 0 Å². The van der Waals surface area contributed by atoms with Crippen molar-refractivity contribution in [3.8, 4) is 6.01 Å². The molecule has 2 aliphatic rings. The molecule has 0 amide bonds. The second-order valence-electron chi connectivity index (χ2n) is 6.01. The van der Waals surface area contributed by atoms with E-state index in [2.05, 4.69) is 35.8 Å². The van der Waals surface area contributed by atoms with Gasteiger partial charge in [-0.25, -0.2) is 9.97 Å². The quantitative estimate of drug-likeness (QED) is 0.793. The summed E-state index contributed by atoms with van der Waals surface area (Å²) in [6, 6.07) is 0.450. The number of ether oxygens (including phenoxy) is 1. The van der Waals surface area contributed by atoms with Crippen LogP contribution in [-0.2, 0) is 7.05 Å². The first-order valence-corrected chi connectivity index (χ1v) is 8.20. The lowest BCUT2D eigenvalue weighted by atomic mass is 9.95. The molecule has 112 valence electrons. The van der Waals surface area contributed by atoms with Gasteiger partial charge >= 0.3 is 6.01 Å². The normalized spacial score (nSPS) is 21.0. The number of hydrogen-bond donors (Lipinski definition) is 0. The molecule has 0 spiro atoms. The maximum Gasteiger partial charge on any atom is 0.318 e. The minimum absolute atomic E-state index is 0.228. The molecular formula is C14H18BrN5O. The zero-order valence-corrected chi connectivity index (χ0v) is 13.6. The van der Waals surface area contributed by atoms with Crippen molar-refractivity contribution in [3.63, 3.8) is 0 Å². The third-order valence-corrected chi connectivity index (χ3v) is 5.53. The Morgan fingerprint density at radius 1 is 1.29 bits per heavy atom. The largest absolute Gasteiger partial charge is 0.461 e. The first-order valence-electron chi connectivity index (χ1n) is 7.41. The van der Waals surface area contributed by atoms with Crippen LogP contribution < -0.4 is 4.74 Å². The summed E-state index contributed by atoms with van der Waals surface area (Å²) in [5.74, 6) is 0. The maximum absolute atomic E-state index is 5.95. The molecule has 2 aromatic rings. The number of rotatable bonds is 3. The van der Waals surface area contributed by atoms with Crippen molar-refractivity contribution in [2.24, 2.45) is 7.05 Å². The minimum atomic E-state index is 0.228. The molecule has 4 rings (SSSR count). The molecule has 2 fully saturated rings. The predicted octanol–water partition coefficient (Wildman–Crippen LogP) is 2.13. The topological polar surface area (TPSA) is 56.1 Å². The molecule has 0 saturated carbocycles. The number of fused-ring (bicyclic) bond motifs is 2. The Labute approximate surface area is 131 Å². The van der Waals surface area contributed by atoms with E-state index in [0.717, 1.165) is 15.9 Å². The number of nitrogens with zero attached hydrogens (tertiary/aromatic N) is 5. The zero-order valence-electron chi connectivity index (χ0n) is 12.0. The molecule has 0 bridgehead atoms. The molecule has 4 heterocycles. The molecule has 0 N–H and O–H groups in total. The molecule has 0 radical (unpaired) electrons. The van der Waals surface area contributed by atoms with Gasteiger partial charge in [-0.2, -0.15) is 4.98 Å². The second kappa shape index (κ2) is 4.91. The van der Waals surface area contributed by atoms with Crippen LogP contribution in [0.1, 0.15) is 25.7 Å². The number of halogens is 1. The summed E-state index contributed by atoms with van der Waals surface area (Å²) in [4.78, 5) is 15.7. The Hall–Kier alpha value is -1.21. The zero-order chi connectivity index (χ0) is 14.4. The molecule has 0 atom stereocenters. The summed E-state index contributed by atoms with van der Waals surface area (Å²) in [7, 11) is 1.92. The lowest BCUT2D eigenvalue weighted by Gasteiger charge is -2.31. The minimum Gasteiger partial charge on any atom is -0.461 e. The number of imidazole rings is 1. The van der Waals surface area contributed by atoms with E-state index in [1.54, 1.807) is 6.20 Å². The number of aryl methyl sites for hydroxylation is 1. The fourth-order valence-corrected chi connectivity index (χ4v) is 4.03. The van der Waals surface area contributed by atoms with Crippen LogP contribution in [-0.4, -0.2) is 49.7 Å². The molecule has 2 aromatic heterocycles. The Bertz CT molecular complexity index is 675. The van der Waals surface area contributed by atoms with Crippen LogP contribution >= 0.6 is 15.9 Å². The second-order valence-corrected chi connectivity index (χ2v) is 6.72. The van der Waals surface area contributed by atoms with Crippen molar-refractivity contribution >= 4 is 27.1 Å². The van der Waals surface area contributed by atoms with E-state index in [1.165, 1.54) is 38.8 Å². The lowest BCUT2D eigenvalue weighted by molar-refractivity contribution is 0.107. The fraction of sp³-hybridized carbons (Fsp3) is 0.643. The van der Waals surface area contributed by atoms with Crippen LogP contribution in [0.4, 0.5) is 0 Å². The summed E-state index contributed by atoms with van der Waals surface area (Å²) in [6.45, 7) is 3.10. The summed E-state index contributed by atoms with van der Waals surface area (Å²) >= 11 is 3.40. The van der Waals surface area contributed by atoms with Gasteiger partial charge in [-0.3, -0.25) is 4.90 Å². The summed E-state index contributed by atoms with van der Waals surface area (Å²) in [5, 5.41) is 0. The van der Waals surface area contributed by atoms with Crippen LogP contribution in [0.25, 0.3) is 11.2 Å².